The van der Waals surface area contributed by atoms with Gasteiger partial charge in [0, 0.05) is 12.1 Å². The van der Waals surface area contributed by atoms with Crippen molar-refractivity contribution in [3.8, 4) is 11.4 Å². The Bertz CT molecular complexity index is 1580. The first-order valence-electron chi connectivity index (χ1n) is 11.3. The van der Waals surface area contributed by atoms with Crippen LogP contribution in [0.2, 0.25) is 0 Å². The van der Waals surface area contributed by atoms with E-state index in [0.717, 1.165) is 5.56 Å². The summed E-state index contributed by atoms with van der Waals surface area (Å²) in [6, 6.07) is 10.9. The zero-order chi connectivity index (χ0) is 25.3. The summed E-state index contributed by atoms with van der Waals surface area (Å²) in [5.74, 6) is 0.173. The number of fused-ring (bicyclic) bond motifs is 1. The van der Waals surface area contributed by atoms with Crippen LogP contribution in [0.4, 0.5) is 0 Å². The van der Waals surface area contributed by atoms with Crippen molar-refractivity contribution in [2.45, 2.75) is 51.6 Å². The molecule has 2 heterocycles. The van der Waals surface area contributed by atoms with Crippen molar-refractivity contribution in [1.29, 1.82) is 0 Å². The third-order valence-electron chi connectivity index (χ3n) is 5.67. The Labute approximate surface area is 202 Å². The fraction of sp³-hybridized carbons (Fsp3) is 0.333. The number of nitrogens with zero attached hydrogens (tertiary/aromatic N) is 3. The van der Waals surface area contributed by atoms with Crippen molar-refractivity contribution < 1.29 is 12.9 Å². The van der Waals surface area contributed by atoms with Gasteiger partial charge in [0.1, 0.15) is 6.04 Å². The summed E-state index contributed by atoms with van der Waals surface area (Å²) >= 11 is 0. The van der Waals surface area contributed by atoms with Gasteiger partial charge < -0.3 is 14.1 Å². The van der Waals surface area contributed by atoms with Crippen LogP contribution in [0.5, 0.6) is 0 Å². The normalized spacial score (nSPS) is 12.9. The highest BCUT2D eigenvalue weighted by Gasteiger charge is 2.29. The van der Waals surface area contributed by atoms with E-state index in [1.807, 2.05) is 27.7 Å². The van der Waals surface area contributed by atoms with Crippen molar-refractivity contribution in [1.82, 2.24) is 24.4 Å². The lowest BCUT2D eigenvalue weighted by Crippen LogP contribution is -2.36. The number of rotatable bonds is 8. The average Bonchev–Trinajstić information content (AvgIpc) is 3.30. The van der Waals surface area contributed by atoms with Crippen molar-refractivity contribution in [3.63, 3.8) is 0 Å². The van der Waals surface area contributed by atoms with Crippen LogP contribution >= 0.6 is 0 Å². The predicted octanol–water partition coefficient (Wildman–Crippen LogP) is 3.13. The van der Waals surface area contributed by atoms with Gasteiger partial charge >= 0.3 is 11.1 Å². The summed E-state index contributed by atoms with van der Waals surface area (Å²) in [7, 11) is -3.82. The second kappa shape index (κ2) is 9.59. The molecule has 2 aromatic heterocycles. The van der Waals surface area contributed by atoms with Crippen molar-refractivity contribution >= 4 is 21.1 Å². The molecule has 0 aliphatic heterocycles. The Balaban J connectivity index is 1.68. The zero-order valence-electron chi connectivity index (χ0n) is 19.9. The second-order valence-electron chi connectivity index (χ2n) is 8.76. The van der Waals surface area contributed by atoms with Gasteiger partial charge in [-0.15, -0.1) is 0 Å². The molecule has 35 heavy (non-hydrogen) atoms. The van der Waals surface area contributed by atoms with Crippen LogP contribution < -0.4 is 15.8 Å². The lowest BCUT2D eigenvalue weighted by atomic mass is 10.1. The molecule has 0 spiro atoms. The van der Waals surface area contributed by atoms with Crippen LogP contribution in [0.1, 0.15) is 44.7 Å². The Morgan fingerprint density at radius 1 is 1.11 bits per heavy atom. The highest BCUT2D eigenvalue weighted by Crippen LogP contribution is 2.27. The Hall–Kier alpha value is -3.57. The molecule has 2 aromatic carbocycles. The maximum absolute atomic E-state index is 12.9. The minimum absolute atomic E-state index is 0.121. The SMILES string of the molecule is CCCn1c(=O)c(=O)[nH]c2cc(-c3noc(C(NS(=O)(=O)c4ccc(C)cc4)C(C)C)n3)ccc21. The monoisotopic (exact) mass is 497 g/mol. The lowest BCUT2D eigenvalue weighted by Gasteiger charge is -2.18. The smallest absolute Gasteiger partial charge is 0.316 e. The molecule has 0 bridgehead atoms. The van der Waals surface area contributed by atoms with Crippen LogP contribution in [0.3, 0.4) is 0 Å². The van der Waals surface area contributed by atoms with E-state index < -0.39 is 27.2 Å². The molecule has 4 rings (SSSR count). The molecule has 11 heteroatoms. The largest absolute Gasteiger partial charge is 0.337 e. The van der Waals surface area contributed by atoms with Crippen LogP contribution in [-0.2, 0) is 16.6 Å². The van der Waals surface area contributed by atoms with Gasteiger partial charge in [-0.3, -0.25) is 9.59 Å². The Morgan fingerprint density at radius 2 is 1.83 bits per heavy atom. The third kappa shape index (κ3) is 4.96. The average molecular weight is 498 g/mol. The number of aromatic amines is 1. The van der Waals surface area contributed by atoms with E-state index in [9.17, 15) is 18.0 Å². The molecule has 0 fully saturated rings. The summed E-state index contributed by atoms with van der Waals surface area (Å²) in [5.41, 5.74) is 1.25. The fourth-order valence-corrected chi connectivity index (χ4v) is 5.10. The van der Waals surface area contributed by atoms with E-state index >= 15 is 0 Å². The summed E-state index contributed by atoms with van der Waals surface area (Å²) < 4.78 is 35.4. The predicted molar refractivity (Wildman–Crippen MR) is 131 cm³/mol. The van der Waals surface area contributed by atoms with Crippen molar-refractivity contribution in [3.05, 3.63) is 74.6 Å². The van der Waals surface area contributed by atoms with Gasteiger partial charge in [0.25, 0.3) is 0 Å². The van der Waals surface area contributed by atoms with Crippen molar-refractivity contribution in [2.75, 3.05) is 0 Å². The molecule has 0 aliphatic rings. The van der Waals surface area contributed by atoms with Gasteiger partial charge in [-0.05, 0) is 49.6 Å². The molecular weight excluding hydrogens is 470 g/mol. The van der Waals surface area contributed by atoms with E-state index in [0.29, 0.717) is 29.6 Å². The number of sulfonamides is 1. The second-order valence-corrected chi connectivity index (χ2v) is 10.5. The minimum atomic E-state index is -3.82. The van der Waals surface area contributed by atoms with E-state index in [-0.39, 0.29) is 22.5 Å². The summed E-state index contributed by atoms with van der Waals surface area (Å²) in [4.78, 5) is 31.5. The van der Waals surface area contributed by atoms with Gasteiger partial charge in [0.2, 0.25) is 21.7 Å². The van der Waals surface area contributed by atoms with Gasteiger partial charge in [-0.25, -0.2) is 8.42 Å². The van der Waals surface area contributed by atoms with E-state index in [1.54, 1.807) is 42.5 Å². The third-order valence-corrected chi connectivity index (χ3v) is 7.13. The van der Waals surface area contributed by atoms with Gasteiger partial charge in [-0.1, -0.05) is 43.6 Å². The molecular formula is C24H27N5O5S. The van der Waals surface area contributed by atoms with Gasteiger partial charge in [0.15, 0.2) is 0 Å². The topological polar surface area (TPSA) is 140 Å². The molecule has 0 saturated carbocycles. The van der Waals surface area contributed by atoms with Gasteiger partial charge in [-0.2, -0.15) is 9.71 Å². The molecule has 1 unspecified atom stereocenters. The fourth-order valence-electron chi connectivity index (χ4n) is 3.77. The molecule has 10 nitrogen and oxygen atoms in total. The number of hydrogen-bond donors (Lipinski definition) is 2. The standard InChI is InChI=1S/C24H27N5O5S/c1-5-12-29-19-11-8-16(13-18(19)25-22(30)24(29)31)21-26-23(34-27-21)20(14(2)3)28-35(32,33)17-9-6-15(4)7-10-17/h6-11,13-14,20,28H,5,12H2,1-4H3,(H,25,30). The highest BCUT2D eigenvalue weighted by molar-refractivity contribution is 7.89. The number of benzene rings is 2. The maximum Gasteiger partial charge on any atom is 0.316 e. The van der Waals surface area contributed by atoms with Crippen LogP contribution in [-0.4, -0.2) is 28.1 Å². The molecule has 0 amide bonds. The van der Waals surface area contributed by atoms with Gasteiger partial charge in [0.05, 0.1) is 15.9 Å². The highest BCUT2D eigenvalue weighted by atomic mass is 32.2. The van der Waals surface area contributed by atoms with Crippen LogP contribution in [0.15, 0.2) is 61.5 Å². The number of aromatic nitrogens is 4. The first-order valence-corrected chi connectivity index (χ1v) is 12.8. The molecule has 0 radical (unpaired) electrons. The summed E-state index contributed by atoms with van der Waals surface area (Å²) in [5, 5.41) is 4.03. The quantitative estimate of drug-likeness (QED) is 0.356. The molecule has 1 atom stereocenters. The molecule has 184 valence electrons. The van der Waals surface area contributed by atoms with E-state index in [1.165, 1.54) is 4.57 Å². The number of H-pyrrole nitrogens is 1. The first-order chi connectivity index (χ1) is 16.6. The van der Waals surface area contributed by atoms with E-state index in [2.05, 4.69) is 19.8 Å². The van der Waals surface area contributed by atoms with Crippen molar-refractivity contribution in [2.24, 2.45) is 5.92 Å². The molecule has 0 saturated heterocycles. The maximum atomic E-state index is 12.9. The number of aryl methyl sites for hydroxylation is 2. The lowest BCUT2D eigenvalue weighted by molar-refractivity contribution is 0.311. The van der Waals surface area contributed by atoms with Crippen LogP contribution in [0.25, 0.3) is 22.4 Å². The number of hydrogen-bond acceptors (Lipinski definition) is 7. The zero-order valence-corrected chi connectivity index (χ0v) is 20.7. The first kappa shape index (κ1) is 24.6. The minimum Gasteiger partial charge on any atom is -0.337 e. The Kier molecular flexibility index (Phi) is 6.73. The summed E-state index contributed by atoms with van der Waals surface area (Å²) in [6.45, 7) is 7.92. The van der Waals surface area contributed by atoms with E-state index in [4.69, 9.17) is 4.52 Å². The molecule has 2 N–H and O–H groups in total. The summed E-state index contributed by atoms with van der Waals surface area (Å²) in [6.07, 6.45) is 0.698. The molecule has 4 aromatic rings. The Morgan fingerprint density at radius 3 is 2.49 bits per heavy atom. The number of nitrogens with one attached hydrogen (secondary N) is 2. The van der Waals surface area contributed by atoms with Crippen LogP contribution in [0, 0.1) is 12.8 Å². The molecule has 0 aliphatic carbocycles.